The number of hydrogen-bond acceptors (Lipinski definition) is 4. The van der Waals surface area contributed by atoms with E-state index in [4.69, 9.17) is 16.3 Å². The minimum Gasteiger partial charge on any atom is -0.481 e. The average Bonchev–Trinajstić information content (AvgIpc) is 2.62. The molecule has 0 aliphatic heterocycles. The van der Waals surface area contributed by atoms with Crippen molar-refractivity contribution in [2.75, 3.05) is 24.7 Å². The van der Waals surface area contributed by atoms with Gasteiger partial charge in [-0.1, -0.05) is 23.7 Å². The van der Waals surface area contributed by atoms with Crippen LogP contribution in [0.3, 0.4) is 0 Å². The maximum atomic E-state index is 12.5. The maximum absolute atomic E-state index is 12.5. The molecule has 0 radical (unpaired) electrons. The van der Waals surface area contributed by atoms with Crippen molar-refractivity contribution in [3.63, 3.8) is 0 Å². The number of rotatable bonds is 7. The van der Waals surface area contributed by atoms with Gasteiger partial charge in [0.15, 0.2) is 6.10 Å². The largest absolute Gasteiger partial charge is 0.481 e. The molecule has 2 aromatic carbocycles. The fourth-order valence-corrected chi connectivity index (χ4v) is 3.06. The van der Waals surface area contributed by atoms with E-state index in [1.165, 1.54) is 11.4 Å². The van der Waals surface area contributed by atoms with Gasteiger partial charge >= 0.3 is 0 Å². The number of likely N-dealkylation sites (N-methyl/N-ethyl adjacent to an activating group) is 1. The van der Waals surface area contributed by atoms with Gasteiger partial charge in [0.1, 0.15) is 5.75 Å². The number of benzene rings is 2. The standard InChI is InChI=1S/C19H23ClN2O4S/c1-14(19(23)21(2)13-15-5-7-16(20)8-6-15)26-18-11-9-17(10-12-18)22(3)27(4,24)25/h5-12,14H,13H2,1-4H3/t14-/m1/s1. The summed E-state index contributed by atoms with van der Waals surface area (Å²) in [5.41, 5.74) is 1.49. The molecule has 0 saturated carbocycles. The predicted octanol–water partition coefficient (Wildman–Crippen LogP) is 3.16. The van der Waals surface area contributed by atoms with E-state index in [1.807, 2.05) is 12.1 Å². The minimum atomic E-state index is -3.33. The highest BCUT2D eigenvalue weighted by molar-refractivity contribution is 7.92. The Labute approximate surface area is 165 Å². The van der Waals surface area contributed by atoms with Crippen molar-refractivity contribution in [3.05, 3.63) is 59.1 Å². The van der Waals surface area contributed by atoms with Crippen LogP contribution in [0, 0.1) is 0 Å². The van der Waals surface area contributed by atoms with Crippen LogP contribution in [0.25, 0.3) is 0 Å². The van der Waals surface area contributed by atoms with Crippen LogP contribution in [0.2, 0.25) is 5.02 Å². The quantitative estimate of drug-likeness (QED) is 0.703. The average molecular weight is 411 g/mol. The van der Waals surface area contributed by atoms with E-state index >= 15 is 0 Å². The third-order valence-corrected chi connectivity index (χ3v) is 5.53. The van der Waals surface area contributed by atoms with Crippen molar-refractivity contribution in [1.82, 2.24) is 4.90 Å². The molecule has 2 aromatic rings. The molecule has 0 spiro atoms. The number of carbonyl (C=O) groups excluding carboxylic acids is 1. The molecule has 0 fully saturated rings. The van der Waals surface area contributed by atoms with Crippen LogP contribution in [-0.2, 0) is 21.4 Å². The molecule has 0 unspecified atom stereocenters. The molecule has 2 rings (SSSR count). The van der Waals surface area contributed by atoms with E-state index in [0.29, 0.717) is 23.0 Å². The number of halogens is 1. The van der Waals surface area contributed by atoms with Gasteiger partial charge in [0.05, 0.1) is 11.9 Å². The van der Waals surface area contributed by atoms with Gasteiger partial charge in [-0.3, -0.25) is 9.10 Å². The van der Waals surface area contributed by atoms with Crippen LogP contribution in [-0.4, -0.2) is 45.7 Å². The highest BCUT2D eigenvalue weighted by atomic mass is 35.5. The number of carbonyl (C=O) groups is 1. The third-order valence-electron chi connectivity index (χ3n) is 4.07. The summed E-state index contributed by atoms with van der Waals surface area (Å²) in [6.45, 7) is 2.12. The van der Waals surface area contributed by atoms with Crippen molar-refractivity contribution < 1.29 is 17.9 Å². The van der Waals surface area contributed by atoms with E-state index in [2.05, 4.69) is 0 Å². The van der Waals surface area contributed by atoms with Gasteiger partial charge in [-0.25, -0.2) is 8.42 Å². The van der Waals surface area contributed by atoms with Crippen LogP contribution < -0.4 is 9.04 Å². The summed E-state index contributed by atoms with van der Waals surface area (Å²) >= 11 is 5.87. The molecule has 8 heteroatoms. The lowest BCUT2D eigenvalue weighted by atomic mass is 10.2. The third kappa shape index (κ3) is 5.87. The van der Waals surface area contributed by atoms with Crippen molar-refractivity contribution >= 4 is 33.2 Å². The lowest BCUT2D eigenvalue weighted by Crippen LogP contribution is -2.37. The lowest BCUT2D eigenvalue weighted by Gasteiger charge is -2.23. The Morgan fingerprint density at radius 1 is 1.07 bits per heavy atom. The summed E-state index contributed by atoms with van der Waals surface area (Å²) in [5, 5.41) is 0.648. The number of amides is 1. The second-order valence-corrected chi connectivity index (χ2v) is 8.76. The van der Waals surface area contributed by atoms with Crippen molar-refractivity contribution in [2.45, 2.75) is 19.6 Å². The van der Waals surface area contributed by atoms with E-state index < -0.39 is 16.1 Å². The number of hydrogen-bond donors (Lipinski definition) is 0. The lowest BCUT2D eigenvalue weighted by molar-refractivity contribution is -0.137. The van der Waals surface area contributed by atoms with Gasteiger partial charge in [0.2, 0.25) is 10.0 Å². The second kappa shape index (κ2) is 8.63. The molecule has 0 heterocycles. The zero-order valence-corrected chi connectivity index (χ0v) is 17.3. The molecule has 6 nitrogen and oxygen atoms in total. The normalized spacial score (nSPS) is 12.3. The maximum Gasteiger partial charge on any atom is 0.263 e. The Bertz CT molecular complexity index is 883. The number of nitrogens with zero attached hydrogens (tertiary/aromatic N) is 2. The fourth-order valence-electron chi connectivity index (χ4n) is 2.43. The van der Waals surface area contributed by atoms with Crippen molar-refractivity contribution in [1.29, 1.82) is 0 Å². The van der Waals surface area contributed by atoms with Gasteiger partial charge in [-0.15, -0.1) is 0 Å². The summed E-state index contributed by atoms with van der Waals surface area (Å²) in [6, 6.07) is 13.8. The molecule has 0 bridgehead atoms. The first kappa shape index (κ1) is 21.1. The molecule has 0 saturated heterocycles. The van der Waals surface area contributed by atoms with E-state index in [1.54, 1.807) is 55.3 Å². The van der Waals surface area contributed by atoms with Crippen LogP contribution in [0.15, 0.2) is 48.5 Å². The van der Waals surface area contributed by atoms with Crippen LogP contribution in [0.4, 0.5) is 5.69 Å². The first-order valence-electron chi connectivity index (χ1n) is 8.28. The predicted molar refractivity (Wildman–Crippen MR) is 108 cm³/mol. The smallest absolute Gasteiger partial charge is 0.263 e. The highest BCUT2D eigenvalue weighted by Gasteiger charge is 2.20. The SMILES string of the molecule is C[C@@H](Oc1ccc(N(C)S(C)(=O)=O)cc1)C(=O)N(C)Cc1ccc(Cl)cc1. The Morgan fingerprint density at radius 3 is 2.15 bits per heavy atom. The van der Waals surface area contributed by atoms with Gasteiger partial charge in [-0.05, 0) is 48.9 Å². The monoisotopic (exact) mass is 410 g/mol. The van der Waals surface area contributed by atoms with Gasteiger partial charge < -0.3 is 9.64 Å². The van der Waals surface area contributed by atoms with E-state index in [0.717, 1.165) is 11.8 Å². The number of sulfonamides is 1. The van der Waals surface area contributed by atoms with Gasteiger partial charge in [0.25, 0.3) is 5.91 Å². The number of ether oxygens (including phenoxy) is 1. The summed E-state index contributed by atoms with van der Waals surface area (Å²) in [4.78, 5) is 14.1. The number of anilines is 1. The first-order valence-corrected chi connectivity index (χ1v) is 10.5. The molecule has 0 aliphatic rings. The van der Waals surface area contributed by atoms with Gasteiger partial charge in [-0.2, -0.15) is 0 Å². The first-order chi connectivity index (χ1) is 12.6. The topological polar surface area (TPSA) is 66.9 Å². The van der Waals surface area contributed by atoms with Crippen molar-refractivity contribution in [3.8, 4) is 5.75 Å². The Hall–Kier alpha value is -2.25. The molecule has 0 N–H and O–H groups in total. The van der Waals surface area contributed by atoms with E-state index in [9.17, 15) is 13.2 Å². The second-order valence-electron chi connectivity index (χ2n) is 6.31. The Kier molecular flexibility index (Phi) is 6.73. The molecule has 1 amide bonds. The Morgan fingerprint density at radius 2 is 1.63 bits per heavy atom. The zero-order valence-electron chi connectivity index (χ0n) is 15.7. The van der Waals surface area contributed by atoms with Crippen LogP contribution in [0.1, 0.15) is 12.5 Å². The highest BCUT2D eigenvalue weighted by Crippen LogP contribution is 2.21. The Balaban J connectivity index is 1.98. The van der Waals surface area contributed by atoms with Crippen molar-refractivity contribution in [2.24, 2.45) is 0 Å². The summed E-state index contributed by atoms with van der Waals surface area (Å²) in [5.74, 6) is 0.323. The molecule has 146 valence electrons. The van der Waals surface area contributed by atoms with E-state index in [-0.39, 0.29) is 5.91 Å². The van der Waals surface area contributed by atoms with Crippen LogP contribution in [0.5, 0.6) is 5.75 Å². The molecule has 27 heavy (non-hydrogen) atoms. The summed E-state index contributed by atoms with van der Waals surface area (Å²) in [6.07, 6.45) is 0.454. The van der Waals surface area contributed by atoms with Crippen LogP contribution >= 0.6 is 11.6 Å². The zero-order chi connectivity index (χ0) is 20.2. The summed E-state index contributed by atoms with van der Waals surface area (Å²) in [7, 11) is -0.141. The molecule has 0 aliphatic carbocycles. The summed E-state index contributed by atoms with van der Waals surface area (Å²) < 4.78 is 30.0. The molecular formula is C19H23ClN2O4S. The van der Waals surface area contributed by atoms with Gasteiger partial charge in [0, 0.05) is 25.7 Å². The molecular weight excluding hydrogens is 388 g/mol. The fraction of sp³-hybridized carbons (Fsp3) is 0.316. The molecule has 1 atom stereocenters. The molecule has 0 aromatic heterocycles. The minimum absolute atomic E-state index is 0.165.